The van der Waals surface area contributed by atoms with Crippen molar-refractivity contribution in [1.29, 1.82) is 0 Å². The molecule has 0 aromatic heterocycles. The molecule has 1 aromatic rings. The third-order valence-corrected chi connectivity index (χ3v) is 3.69. The predicted molar refractivity (Wildman–Crippen MR) is 111 cm³/mol. The number of benzene rings is 1. The highest BCUT2D eigenvalue weighted by Gasteiger charge is 2.09. The van der Waals surface area contributed by atoms with Crippen molar-refractivity contribution in [2.45, 2.75) is 33.4 Å². The molecule has 1 rings (SSSR count). The van der Waals surface area contributed by atoms with Gasteiger partial charge in [-0.3, -0.25) is 14.6 Å². The van der Waals surface area contributed by atoms with Gasteiger partial charge in [0.1, 0.15) is 0 Å². The zero-order chi connectivity index (χ0) is 18.1. The smallest absolute Gasteiger partial charge is 0.251 e. The van der Waals surface area contributed by atoms with Crippen LogP contribution in [0.25, 0.3) is 0 Å². The number of aliphatic imine (C=N–C) groups is 1. The molecule has 1 atom stereocenters. The average molecular weight is 461 g/mol. The van der Waals surface area contributed by atoms with Crippen molar-refractivity contribution in [1.82, 2.24) is 16.0 Å². The number of primary amides is 1. The molecule has 2 amide bonds. The summed E-state index contributed by atoms with van der Waals surface area (Å²) in [5.41, 5.74) is 6.50. The Morgan fingerprint density at radius 3 is 2.20 bits per heavy atom. The van der Waals surface area contributed by atoms with Crippen molar-refractivity contribution in [3.05, 3.63) is 35.4 Å². The Hall–Kier alpha value is -1.84. The van der Waals surface area contributed by atoms with Crippen LogP contribution in [-0.4, -0.2) is 37.4 Å². The van der Waals surface area contributed by atoms with E-state index in [2.05, 4.69) is 41.7 Å². The fourth-order valence-corrected chi connectivity index (χ4v) is 1.81. The highest BCUT2D eigenvalue weighted by molar-refractivity contribution is 14.0. The molecule has 0 bridgehead atoms. The molecule has 0 fully saturated rings. The third kappa shape index (κ3) is 8.71. The Balaban J connectivity index is 0.00000576. The van der Waals surface area contributed by atoms with Gasteiger partial charge in [0.15, 0.2) is 5.96 Å². The minimum Gasteiger partial charge on any atom is -0.368 e. The molecule has 0 saturated carbocycles. The minimum absolute atomic E-state index is 0. The normalized spacial score (nSPS) is 12.1. The van der Waals surface area contributed by atoms with Gasteiger partial charge in [-0.1, -0.05) is 26.0 Å². The summed E-state index contributed by atoms with van der Waals surface area (Å²) in [6.45, 7) is 6.82. The van der Waals surface area contributed by atoms with E-state index in [0.29, 0.717) is 24.1 Å². The number of nitrogens with zero attached hydrogens (tertiary/aromatic N) is 1. The van der Waals surface area contributed by atoms with E-state index in [0.717, 1.165) is 11.5 Å². The van der Waals surface area contributed by atoms with Gasteiger partial charge in [-0.2, -0.15) is 0 Å². The molecular weight excluding hydrogens is 433 g/mol. The maximum atomic E-state index is 11.8. The van der Waals surface area contributed by atoms with E-state index in [9.17, 15) is 9.59 Å². The number of rotatable bonds is 7. The second kappa shape index (κ2) is 11.7. The van der Waals surface area contributed by atoms with Crippen LogP contribution in [-0.2, 0) is 11.3 Å². The largest absolute Gasteiger partial charge is 0.368 e. The van der Waals surface area contributed by atoms with Crippen molar-refractivity contribution in [3.8, 4) is 0 Å². The monoisotopic (exact) mass is 461 g/mol. The Bertz CT molecular complexity index is 587. The summed E-state index contributed by atoms with van der Waals surface area (Å²) in [4.78, 5) is 26.7. The summed E-state index contributed by atoms with van der Waals surface area (Å²) in [6.07, 6.45) is 0. The maximum Gasteiger partial charge on any atom is 0.251 e. The van der Waals surface area contributed by atoms with Gasteiger partial charge in [-0.05, 0) is 30.5 Å². The number of nitrogens with one attached hydrogen (secondary N) is 3. The van der Waals surface area contributed by atoms with Crippen LogP contribution < -0.4 is 21.7 Å². The summed E-state index contributed by atoms with van der Waals surface area (Å²) in [6, 6.07) is 7.43. The summed E-state index contributed by atoms with van der Waals surface area (Å²) >= 11 is 0. The maximum absolute atomic E-state index is 11.8. The first-order chi connectivity index (χ1) is 11.3. The SMILES string of the molecule is CN=C(NCc1ccc(C(=O)NCC(N)=O)cc1)NC(C)C(C)C.I. The zero-order valence-corrected chi connectivity index (χ0v) is 17.5. The van der Waals surface area contributed by atoms with Gasteiger partial charge in [-0.15, -0.1) is 24.0 Å². The molecule has 140 valence electrons. The van der Waals surface area contributed by atoms with E-state index in [1.807, 2.05) is 12.1 Å². The Morgan fingerprint density at radius 2 is 1.72 bits per heavy atom. The fourth-order valence-electron chi connectivity index (χ4n) is 1.81. The number of guanidine groups is 1. The van der Waals surface area contributed by atoms with Gasteiger partial charge >= 0.3 is 0 Å². The van der Waals surface area contributed by atoms with Crippen LogP contribution in [0.1, 0.15) is 36.7 Å². The van der Waals surface area contributed by atoms with Gasteiger partial charge in [-0.25, -0.2) is 0 Å². The number of carbonyl (C=O) groups excluding carboxylic acids is 2. The molecule has 8 heteroatoms. The molecule has 0 radical (unpaired) electrons. The molecule has 0 spiro atoms. The van der Waals surface area contributed by atoms with Crippen LogP contribution in [0.4, 0.5) is 0 Å². The van der Waals surface area contributed by atoms with Crippen LogP contribution in [0.5, 0.6) is 0 Å². The first kappa shape index (κ1) is 23.2. The van der Waals surface area contributed by atoms with E-state index in [-0.39, 0.29) is 36.4 Å². The molecule has 1 unspecified atom stereocenters. The van der Waals surface area contributed by atoms with E-state index in [1.165, 1.54) is 0 Å². The van der Waals surface area contributed by atoms with Crippen LogP contribution in [0.15, 0.2) is 29.3 Å². The first-order valence-electron chi connectivity index (χ1n) is 7.96. The number of halogens is 1. The number of amides is 2. The molecule has 0 aliphatic heterocycles. The van der Waals surface area contributed by atoms with Gasteiger partial charge in [0.2, 0.25) is 5.91 Å². The van der Waals surface area contributed by atoms with Crippen molar-refractivity contribution >= 4 is 41.8 Å². The molecule has 7 nitrogen and oxygen atoms in total. The summed E-state index contributed by atoms with van der Waals surface area (Å²) in [5, 5.41) is 9.01. The molecule has 0 aliphatic rings. The molecule has 0 heterocycles. The zero-order valence-electron chi connectivity index (χ0n) is 15.1. The van der Waals surface area contributed by atoms with E-state index in [1.54, 1.807) is 19.2 Å². The van der Waals surface area contributed by atoms with Gasteiger partial charge in [0.25, 0.3) is 5.91 Å². The van der Waals surface area contributed by atoms with Gasteiger partial charge in [0, 0.05) is 25.2 Å². The summed E-state index contributed by atoms with van der Waals surface area (Å²) < 4.78 is 0. The van der Waals surface area contributed by atoms with Crippen molar-refractivity contribution in [3.63, 3.8) is 0 Å². The molecule has 0 saturated heterocycles. The van der Waals surface area contributed by atoms with Crippen molar-refractivity contribution < 1.29 is 9.59 Å². The lowest BCUT2D eigenvalue weighted by Gasteiger charge is -2.20. The summed E-state index contributed by atoms with van der Waals surface area (Å²) in [5.74, 6) is 0.344. The molecular formula is C17H28IN5O2. The third-order valence-electron chi connectivity index (χ3n) is 3.69. The van der Waals surface area contributed by atoms with E-state index in [4.69, 9.17) is 5.73 Å². The van der Waals surface area contributed by atoms with Gasteiger partial charge < -0.3 is 21.7 Å². The molecule has 5 N–H and O–H groups in total. The summed E-state index contributed by atoms with van der Waals surface area (Å²) in [7, 11) is 1.73. The highest BCUT2D eigenvalue weighted by Crippen LogP contribution is 2.05. The van der Waals surface area contributed by atoms with Crippen LogP contribution in [0, 0.1) is 5.92 Å². The van der Waals surface area contributed by atoms with E-state index >= 15 is 0 Å². The van der Waals surface area contributed by atoms with Crippen LogP contribution in [0.2, 0.25) is 0 Å². The molecule has 25 heavy (non-hydrogen) atoms. The Kier molecular flexibility index (Phi) is 10.8. The molecule has 0 aliphatic carbocycles. The van der Waals surface area contributed by atoms with Crippen LogP contribution in [0.3, 0.4) is 0 Å². The number of hydrogen-bond acceptors (Lipinski definition) is 3. The number of nitrogens with two attached hydrogens (primary N) is 1. The lowest BCUT2D eigenvalue weighted by molar-refractivity contribution is -0.117. The number of hydrogen-bond donors (Lipinski definition) is 4. The minimum atomic E-state index is -0.571. The predicted octanol–water partition coefficient (Wildman–Crippen LogP) is 1.23. The van der Waals surface area contributed by atoms with E-state index < -0.39 is 5.91 Å². The van der Waals surface area contributed by atoms with Crippen LogP contribution >= 0.6 is 24.0 Å². The second-order valence-electron chi connectivity index (χ2n) is 5.95. The average Bonchev–Trinajstić information content (AvgIpc) is 2.56. The second-order valence-corrected chi connectivity index (χ2v) is 5.95. The number of carbonyl (C=O) groups is 2. The topological polar surface area (TPSA) is 109 Å². The van der Waals surface area contributed by atoms with Gasteiger partial charge in [0.05, 0.1) is 6.54 Å². The lowest BCUT2D eigenvalue weighted by Crippen LogP contribution is -2.43. The lowest BCUT2D eigenvalue weighted by atomic mass is 10.1. The Morgan fingerprint density at radius 1 is 1.12 bits per heavy atom. The molecule has 1 aromatic carbocycles. The fraction of sp³-hybridized carbons (Fsp3) is 0.471. The Labute approximate surface area is 166 Å². The van der Waals surface area contributed by atoms with Crippen molar-refractivity contribution in [2.24, 2.45) is 16.6 Å². The highest BCUT2D eigenvalue weighted by atomic mass is 127. The quantitative estimate of drug-likeness (QED) is 0.278. The van der Waals surface area contributed by atoms with Crippen molar-refractivity contribution in [2.75, 3.05) is 13.6 Å². The standard InChI is InChI=1S/C17H27N5O2.HI/c1-11(2)12(3)22-17(19-4)21-9-13-5-7-14(8-6-13)16(24)20-10-15(18)23;/h5-8,11-12H,9-10H2,1-4H3,(H2,18,23)(H,20,24)(H2,19,21,22);1H. The first-order valence-corrected chi connectivity index (χ1v) is 7.96.